The van der Waals surface area contributed by atoms with Gasteiger partial charge >= 0.3 is 0 Å². The fourth-order valence-corrected chi connectivity index (χ4v) is 2.89. The van der Waals surface area contributed by atoms with Gasteiger partial charge in [0, 0.05) is 18.5 Å². The summed E-state index contributed by atoms with van der Waals surface area (Å²) in [4.78, 5) is 32.9. The van der Waals surface area contributed by atoms with E-state index in [1.165, 1.54) is 18.3 Å². The molecule has 5 nitrogen and oxygen atoms in total. The van der Waals surface area contributed by atoms with Crippen LogP contribution in [0.25, 0.3) is 0 Å². The van der Waals surface area contributed by atoms with E-state index in [1.54, 1.807) is 12.1 Å². The molecule has 6 heteroatoms. The zero-order valence-electron chi connectivity index (χ0n) is 14.3. The Hall–Kier alpha value is -2.63. The summed E-state index contributed by atoms with van der Waals surface area (Å²) in [5.41, 5.74) is 2.03. The lowest BCUT2D eigenvalue weighted by Crippen LogP contribution is -2.24. The number of nitrogens with one attached hydrogen (secondary N) is 1. The fourth-order valence-electron chi connectivity index (χ4n) is 2.89. The first-order chi connectivity index (χ1) is 12.0. The number of halogens is 1. The zero-order chi connectivity index (χ0) is 18.0. The van der Waals surface area contributed by atoms with Gasteiger partial charge in [0.2, 0.25) is 11.9 Å². The van der Waals surface area contributed by atoms with E-state index in [9.17, 15) is 14.0 Å². The van der Waals surface area contributed by atoms with Gasteiger partial charge in [-0.3, -0.25) is 14.9 Å². The van der Waals surface area contributed by atoms with Crippen LogP contribution in [0.4, 0.5) is 10.3 Å². The summed E-state index contributed by atoms with van der Waals surface area (Å²) in [5.74, 6) is -0.433. The van der Waals surface area contributed by atoms with Crippen LogP contribution in [0, 0.1) is 11.7 Å². The molecule has 1 aromatic carbocycles. The summed E-state index contributed by atoms with van der Waals surface area (Å²) in [5, 5.41) is 2.70. The molecule has 130 valence electrons. The predicted octanol–water partition coefficient (Wildman–Crippen LogP) is 3.51. The molecular formula is C19H20FN3O2. The molecule has 0 fully saturated rings. The lowest BCUT2D eigenvalue weighted by molar-refractivity contribution is -0.119. The van der Waals surface area contributed by atoms with Crippen LogP contribution in [0.5, 0.6) is 0 Å². The predicted molar refractivity (Wildman–Crippen MR) is 91.9 cm³/mol. The summed E-state index contributed by atoms with van der Waals surface area (Å²) >= 11 is 0. The van der Waals surface area contributed by atoms with Crippen LogP contribution in [0.3, 0.4) is 0 Å². The van der Waals surface area contributed by atoms with Crippen LogP contribution in [0.1, 0.15) is 54.2 Å². The third-order valence-corrected chi connectivity index (χ3v) is 4.68. The number of carbonyl (C=O) groups excluding carboxylic acids is 2. The maximum Gasteiger partial charge on any atom is 0.229 e. The number of hydrogen-bond donors (Lipinski definition) is 1. The van der Waals surface area contributed by atoms with Crippen molar-refractivity contribution in [1.29, 1.82) is 0 Å². The van der Waals surface area contributed by atoms with Crippen LogP contribution < -0.4 is 5.32 Å². The minimum atomic E-state index is -0.302. The minimum absolute atomic E-state index is 0.0321. The highest BCUT2D eigenvalue weighted by molar-refractivity contribution is 5.99. The van der Waals surface area contributed by atoms with E-state index in [2.05, 4.69) is 15.3 Å². The molecule has 0 saturated heterocycles. The van der Waals surface area contributed by atoms with Gasteiger partial charge in [-0.05, 0) is 36.5 Å². The second-order valence-corrected chi connectivity index (χ2v) is 6.43. The first-order valence-electron chi connectivity index (χ1n) is 8.43. The van der Waals surface area contributed by atoms with Gasteiger partial charge in [0.05, 0.1) is 11.3 Å². The summed E-state index contributed by atoms with van der Waals surface area (Å²) in [6.45, 7) is 3.77. The second-order valence-electron chi connectivity index (χ2n) is 6.43. The monoisotopic (exact) mass is 341 g/mol. The standard InChI is InChI=1S/C19H20FN3O2/c1-3-11(2)18(25)23-19-21-10-15-16(22-19)8-13(9-17(15)24)12-4-6-14(20)7-5-12/h4-7,10-11,13H,3,8-9H2,1-2H3,(H,21,22,23,25)/t11-,13-/m1/s1. The van der Waals surface area contributed by atoms with Gasteiger partial charge in [-0.15, -0.1) is 0 Å². The van der Waals surface area contributed by atoms with Gasteiger partial charge in [-0.25, -0.2) is 14.4 Å². The summed E-state index contributed by atoms with van der Waals surface area (Å²) < 4.78 is 13.1. The molecule has 0 aliphatic heterocycles. The molecular weight excluding hydrogens is 321 g/mol. The molecule has 1 aliphatic rings. The quantitative estimate of drug-likeness (QED) is 0.924. The molecule has 3 rings (SSSR count). The van der Waals surface area contributed by atoms with E-state index >= 15 is 0 Å². The number of benzene rings is 1. The molecule has 1 aromatic heterocycles. The van der Waals surface area contributed by atoms with Gasteiger partial charge in [0.1, 0.15) is 5.82 Å². The van der Waals surface area contributed by atoms with Gasteiger partial charge in [0.15, 0.2) is 5.78 Å². The Morgan fingerprint density at radius 2 is 2.04 bits per heavy atom. The van der Waals surface area contributed by atoms with E-state index in [-0.39, 0.29) is 35.3 Å². The molecule has 0 unspecified atom stereocenters. The van der Waals surface area contributed by atoms with Gasteiger partial charge in [0.25, 0.3) is 0 Å². The van der Waals surface area contributed by atoms with E-state index in [1.807, 2.05) is 13.8 Å². The molecule has 1 heterocycles. The van der Waals surface area contributed by atoms with Gasteiger partial charge in [-0.1, -0.05) is 26.0 Å². The number of Topliss-reactive ketones (excluding diaryl/α,β-unsaturated/α-hetero) is 1. The number of nitrogens with zero attached hydrogens (tertiary/aromatic N) is 2. The van der Waals surface area contributed by atoms with Crippen LogP contribution in [0.2, 0.25) is 0 Å². The smallest absolute Gasteiger partial charge is 0.229 e. The first-order valence-corrected chi connectivity index (χ1v) is 8.43. The molecule has 1 aliphatic carbocycles. The Morgan fingerprint density at radius 3 is 2.72 bits per heavy atom. The topological polar surface area (TPSA) is 72.0 Å². The van der Waals surface area contributed by atoms with Crippen molar-refractivity contribution in [3.05, 3.63) is 53.1 Å². The molecule has 1 amide bonds. The van der Waals surface area contributed by atoms with Crippen LogP contribution in [0.15, 0.2) is 30.5 Å². The molecule has 1 N–H and O–H groups in total. The molecule has 0 bridgehead atoms. The number of aromatic nitrogens is 2. The largest absolute Gasteiger partial charge is 0.294 e. The summed E-state index contributed by atoms with van der Waals surface area (Å²) in [6.07, 6.45) is 3.11. The Balaban J connectivity index is 1.83. The molecule has 2 atom stereocenters. The average molecular weight is 341 g/mol. The highest BCUT2D eigenvalue weighted by atomic mass is 19.1. The van der Waals surface area contributed by atoms with Gasteiger partial charge < -0.3 is 0 Å². The average Bonchev–Trinajstić information content (AvgIpc) is 2.61. The van der Waals surface area contributed by atoms with Crippen LogP contribution >= 0.6 is 0 Å². The van der Waals surface area contributed by atoms with Gasteiger partial charge in [-0.2, -0.15) is 0 Å². The Kier molecular flexibility index (Phi) is 4.88. The van der Waals surface area contributed by atoms with E-state index in [0.717, 1.165) is 12.0 Å². The van der Waals surface area contributed by atoms with Crippen LogP contribution in [-0.2, 0) is 11.2 Å². The number of ketones is 1. The number of fused-ring (bicyclic) bond motifs is 1. The Bertz CT molecular complexity index is 805. The lowest BCUT2D eigenvalue weighted by Gasteiger charge is -2.23. The molecule has 2 aromatic rings. The van der Waals surface area contributed by atoms with Crippen molar-refractivity contribution in [2.24, 2.45) is 5.92 Å². The first kappa shape index (κ1) is 17.2. The molecule has 25 heavy (non-hydrogen) atoms. The van der Waals surface area contributed by atoms with Crippen molar-refractivity contribution in [2.75, 3.05) is 5.32 Å². The Morgan fingerprint density at radius 1 is 1.32 bits per heavy atom. The molecule has 0 saturated carbocycles. The van der Waals surface area contributed by atoms with Crippen LogP contribution in [-0.4, -0.2) is 21.7 Å². The summed E-state index contributed by atoms with van der Waals surface area (Å²) in [6, 6.07) is 6.19. The third-order valence-electron chi connectivity index (χ3n) is 4.68. The van der Waals surface area contributed by atoms with Crippen molar-refractivity contribution >= 4 is 17.6 Å². The third kappa shape index (κ3) is 3.73. The van der Waals surface area contributed by atoms with Crippen molar-refractivity contribution in [1.82, 2.24) is 9.97 Å². The minimum Gasteiger partial charge on any atom is -0.294 e. The highest BCUT2D eigenvalue weighted by Crippen LogP contribution is 2.32. The maximum atomic E-state index is 13.1. The van der Waals surface area contributed by atoms with Crippen molar-refractivity contribution in [3.8, 4) is 0 Å². The van der Waals surface area contributed by atoms with E-state index in [4.69, 9.17) is 0 Å². The SMILES string of the molecule is CC[C@@H](C)C(=O)Nc1ncc2c(n1)C[C@@H](c1ccc(F)cc1)CC2=O. The summed E-state index contributed by atoms with van der Waals surface area (Å²) in [7, 11) is 0. The Labute approximate surface area is 145 Å². The number of hydrogen-bond acceptors (Lipinski definition) is 4. The highest BCUT2D eigenvalue weighted by Gasteiger charge is 2.28. The van der Waals surface area contributed by atoms with Crippen molar-refractivity contribution in [3.63, 3.8) is 0 Å². The van der Waals surface area contributed by atoms with E-state index in [0.29, 0.717) is 24.1 Å². The molecule has 0 radical (unpaired) electrons. The molecule has 0 spiro atoms. The fraction of sp³-hybridized carbons (Fsp3) is 0.368. The van der Waals surface area contributed by atoms with Crippen molar-refractivity contribution in [2.45, 2.75) is 39.0 Å². The van der Waals surface area contributed by atoms with Crippen molar-refractivity contribution < 1.29 is 14.0 Å². The van der Waals surface area contributed by atoms with E-state index < -0.39 is 0 Å². The zero-order valence-corrected chi connectivity index (χ0v) is 14.3. The number of carbonyl (C=O) groups is 2. The number of anilines is 1. The number of rotatable bonds is 4. The second kappa shape index (κ2) is 7.09. The number of amides is 1. The maximum absolute atomic E-state index is 13.1. The lowest BCUT2D eigenvalue weighted by atomic mass is 9.82. The normalized spacial score (nSPS) is 17.7.